The van der Waals surface area contributed by atoms with Gasteiger partial charge in [0.15, 0.2) is 0 Å². The first-order chi connectivity index (χ1) is 10.1. The lowest BCUT2D eigenvalue weighted by Crippen LogP contribution is -2.43. The Balaban J connectivity index is 1.95. The Bertz CT molecular complexity index is 500. The summed E-state index contributed by atoms with van der Waals surface area (Å²) in [5.74, 6) is -0.354. The SMILES string of the molecule is O=C(O)CN(C(=O)NCCC1CCC1)c1ccc(Cl)cc1. The maximum absolute atomic E-state index is 12.2. The van der Waals surface area contributed by atoms with Gasteiger partial charge in [-0.2, -0.15) is 0 Å². The van der Waals surface area contributed by atoms with Gasteiger partial charge in [0.05, 0.1) is 0 Å². The van der Waals surface area contributed by atoms with Crippen molar-refractivity contribution in [3.63, 3.8) is 0 Å². The van der Waals surface area contributed by atoms with Crippen molar-refractivity contribution in [2.75, 3.05) is 18.0 Å². The van der Waals surface area contributed by atoms with Crippen LogP contribution in [0.4, 0.5) is 10.5 Å². The maximum Gasteiger partial charge on any atom is 0.323 e. The van der Waals surface area contributed by atoms with Crippen LogP contribution in [0.25, 0.3) is 0 Å². The van der Waals surface area contributed by atoms with Crippen LogP contribution in [0.5, 0.6) is 0 Å². The summed E-state index contributed by atoms with van der Waals surface area (Å²) in [7, 11) is 0. The van der Waals surface area contributed by atoms with Gasteiger partial charge in [-0.3, -0.25) is 9.69 Å². The fourth-order valence-corrected chi connectivity index (χ4v) is 2.42. The molecular weight excluding hydrogens is 292 g/mol. The van der Waals surface area contributed by atoms with Crippen LogP contribution >= 0.6 is 11.6 Å². The van der Waals surface area contributed by atoms with Crippen LogP contribution in [0, 0.1) is 5.92 Å². The fraction of sp³-hybridized carbons (Fsp3) is 0.467. The molecule has 114 valence electrons. The quantitative estimate of drug-likeness (QED) is 0.848. The van der Waals surface area contributed by atoms with Crippen molar-refractivity contribution in [3.05, 3.63) is 29.3 Å². The van der Waals surface area contributed by atoms with Crippen molar-refractivity contribution in [2.45, 2.75) is 25.7 Å². The van der Waals surface area contributed by atoms with E-state index in [-0.39, 0.29) is 12.6 Å². The second-order valence-electron chi connectivity index (χ2n) is 5.27. The largest absolute Gasteiger partial charge is 0.480 e. The number of aliphatic carboxylic acids is 1. The Kier molecular flexibility index (Phi) is 5.44. The molecule has 1 aromatic carbocycles. The molecule has 0 aromatic heterocycles. The zero-order valence-corrected chi connectivity index (χ0v) is 12.5. The molecule has 1 aromatic rings. The summed E-state index contributed by atoms with van der Waals surface area (Å²) < 4.78 is 0. The second kappa shape index (κ2) is 7.31. The third-order valence-electron chi connectivity index (χ3n) is 3.73. The number of rotatable bonds is 6. The normalized spacial score (nSPS) is 14.3. The number of hydrogen-bond donors (Lipinski definition) is 2. The number of hydrogen-bond acceptors (Lipinski definition) is 2. The highest BCUT2D eigenvalue weighted by Gasteiger charge is 2.20. The predicted octanol–water partition coefficient (Wildman–Crippen LogP) is 3.13. The number of anilines is 1. The number of carbonyl (C=O) groups excluding carboxylic acids is 1. The number of carboxylic acids is 1. The molecule has 0 unspecified atom stereocenters. The number of carboxylic acid groups (broad SMARTS) is 1. The summed E-state index contributed by atoms with van der Waals surface area (Å²) in [6.45, 7) is 0.199. The minimum Gasteiger partial charge on any atom is -0.480 e. The number of urea groups is 1. The van der Waals surface area contributed by atoms with E-state index in [9.17, 15) is 9.59 Å². The second-order valence-corrected chi connectivity index (χ2v) is 5.71. The molecule has 6 heteroatoms. The molecule has 0 bridgehead atoms. The van der Waals surface area contributed by atoms with E-state index in [1.807, 2.05) is 0 Å². The highest BCUT2D eigenvalue weighted by atomic mass is 35.5. The molecule has 0 aliphatic heterocycles. The summed E-state index contributed by atoms with van der Waals surface area (Å²) in [6, 6.07) is 6.15. The molecule has 2 amide bonds. The van der Waals surface area contributed by atoms with Crippen molar-refractivity contribution in [1.82, 2.24) is 5.32 Å². The highest BCUT2D eigenvalue weighted by molar-refractivity contribution is 6.30. The molecule has 1 aliphatic carbocycles. The molecule has 0 spiro atoms. The molecule has 2 N–H and O–H groups in total. The van der Waals surface area contributed by atoms with Crippen LogP contribution in [0.2, 0.25) is 5.02 Å². The number of carbonyl (C=O) groups is 2. The minimum absolute atomic E-state index is 0.378. The summed E-state index contributed by atoms with van der Waals surface area (Å²) >= 11 is 5.81. The van der Waals surface area contributed by atoms with Crippen LogP contribution < -0.4 is 10.2 Å². The van der Waals surface area contributed by atoms with E-state index >= 15 is 0 Å². The third kappa shape index (κ3) is 4.63. The first kappa shape index (κ1) is 15.6. The van der Waals surface area contributed by atoms with Gasteiger partial charge in [0.25, 0.3) is 0 Å². The Morgan fingerprint density at radius 3 is 2.48 bits per heavy atom. The van der Waals surface area contributed by atoms with E-state index < -0.39 is 5.97 Å². The van der Waals surface area contributed by atoms with Gasteiger partial charge in [-0.15, -0.1) is 0 Å². The summed E-state index contributed by atoms with van der Waals surface area (Å²) in [5, 5.41) is 12.3. The molecular formula is C15H19ClN2O3. The lowest BCUT2D eigenvalue weighted by Gasteiger charge is -2.26. The molecule has 2 rings (SSSR count). The van der Waals surface area contributed by atoms with E-state index in [0.717, 1.165) is 6.42 Å². The van der Waals surface area contributed by atoms with Crippen molar-refractivity contribution in [1.29, 1.82) is 0 Å². The lowest BCUT2D eigenvalue weighted by molar-refractivity contribution is -0.135. The van der Waals surface area contributed by atoms with Crippen LogP contribution in [0.15, 0.2) is 24.3 Å². The Morgan fingerprint density at radius 2 is 1.95 bits per heavy atom. The van der Waals surface area contributed by atoms with E-state index in [1.165, 1.54) is 24.2 Å². The van der Waals surface area contributed by atoms with Crippen molar-refractivity contribution >= 4 is 29.3 Å². The minimum atomic E-state index is -1.06. The van der Waals surface area contributed by atoms with E-state index in [2.05, 4.69) is 5.32 Å². The number of nitrogens with zero attached hydrogens (tertiary/aromatic N) is 1. The molecule has 1 fully saturated rings. The number of benzene rings is 1. The van der Waals surface area contributed by atoms with Gasteiger partial charge < -0.3 is 10.4 Å². The fourth-order valence-electron chi connectivity index (χ4n) is 2.30. The van der Waals surface area contributed by atoms with Crippen LogP contribution in [-0.4, -0.2) is 30.2 Å². The number of nitrogens with one attached hydrogen (secondary N) is 1. The highest BCUT2D eigenvalue weighted by Crippen LogP contribution is 2.28. The summed E-state index contributed by atoms with van der Waals surface area (Å²) in [6.07, 6.45) is 4.68. The van der Waals surface area contributed by atoms with Crippen molar-refractivity contribution in [2.24, 2.45) is 5.92 Å². The van der Waals surface area contributed by atoms with Gasteiger partial charge in [0.1, 0.15) is 6.54 Å². The van der Waals surface area contributed by atoms with Gasteiger partial charge in [0.2, 0.25) is 0 Å². The smallest absolute Gasteiger partial charge is 0.323 e. The lowest BCUT2D eigenvalue weighted by atomic mass is 9.83. The van der Waals surface area contributed by atoms with Gasteiger partial charge in [0, 0.05) is 17.3 Å². The van der Waals surface area contributed by atoms with Crippen molar-refractivity contribution < 1.29 is 14.7 Å². The van der Waals surface area contributed by atoms with Gasteiger partial charge in [-0.1, -0.05) is 30.9 Å². The number of halogens is 1. The van der Waals surface area contributed by atoms with Gasteiger partial charge >= 0.3 is 12.0 Å². The first-order valence-electron chi connectivity index (χ1n) is 7.09. The molecule has 0 heterocycles. The Labute approximate surface area is 128 Å². The predicted molar refractivity (Wildman–Crippen MR) is 81.8 cm³/mol. The first-order valence-corrected chi connectivity index (χ1v) is 7.47. The van der Waals surface area contributed by atoms with Crippen molar-refractivity contribution in [3.8, 4) is 0 Å². The topological polar surface area (TPSA) is 69.6 Å². The molecule has 1 aliphatic rings. The zero-order chi connectivity index (χ0) is 15.2. The zero-order valence-electron chi connectivity index (χ0n) is 11.7. The Morgan fingerprint density at radius 1 is 1.29 bits per heavy atom. The molecule has 0 radical (unpaired) electrons. The average molecular weight is 311 g/mol. The number of amides is 2. The molecule has 0 saturated heterocycles. The summed E-state index contributed by atoms with van der Waals surface area (Å²) in [5.41, 5.74) is 0.517. The summed E-state index contributed by atoms with van der Waals surface area (Å²) in [4.78, 5) is 24.3. The molecule has 0 atom stereocenters. The van der Waals surface area contributed by atoms with Crippen LogP contribution in [0.1, 0.15) is 25.7 Å². The van der Waals surface area contributed by atoms with Crippen LogP contribution in [-0.2, 0) is 4.79 Å². The molecule has 21 heavy (non-hydrogen) atoms. The third-order valence-corrected chi connectivity index (χ3v) is 3.98. The monoisotopic (exact) mass is 310 g/mol. The van der Waals surface area contributed by atoms with E-state index in [4.69, 9.17) is 16.7 Å². The standard InChI is InChI=1S/C15H19ClN2O3/c16-12-4-6-13(7-5-12)18(10-14(19)20)15(21)17-9-8-11-2-1-3-11/h4-7,11H,1-3,8-10H2,(H,17,21)(H,19,20). The average Bonchev–Trinajstić information content (AvgIpc) is 2.39. The van der Waals surface area contributed by atoms with Gasteiger partial charge in [-0.05, 0) is 36.6 Å². The van der Waals surface area contributed by atoms with Gasteiger partial charge in [-0.25, -0.2) is 4.79 Å². The molecule has 5 nitrogen and oxygen atoms in total. The van der Waals surface area contributed by atoms with E-state index in [0.29, 0.717) is 23.2 Å². The van der Waals surface area contributed by atoms with E-state index in [1.54, 1.807) is 24.3 Å². The Hall–Kier alpha value is -1.75. The molecule has 1 saturated carbocycles. The van der Waals surface area contributed by atoms with Crippen LogP contribution in [0.3, 0.4) is 0 Å². The maximum atomic E-state index is 12.2.